The predicted octanol–water partition coefficient (Wildman–Crippen LogP) is 3.66. The Hall–Kier alpha value is -1.74. The van der Waals surface area contributed by atoms with E-state index in [1.54, 1.807) is 13.3 Å². The number of halogens is 1. The molecule has 0 fully saturated rings. The van der Waals surface area contributed by atoms with Gasteiger partial charge in [0.2, 0.25) is 0 Å². The van der Waals surface area contributed by atoms with Gasteiger partial charge >= 0.3 is 0 Å². The number of rotatable bonds is 4. The smallest absolute Gasteiger partial charge is 0.132 e. The maximum absolute atomic E-state index is 5.88. The number of benzene rings is 1. The zero-order valence-corrected chi connectivity index (χ0v) is 11.2. The van der Waals surface area contributed by atoms with Crippen LogP contribution >= 0.6 is 11.6 Å². The third-order valence-electron chi connectivity index (χ3n) is 2.67. The molecule has 0 saturated heterocycles. The van der Waals surface area contributed by atoms with Gasteiger partial charge in [-0.25, -0.2) is 4.98 Å². The van der Waals surface area contributed by atoms with Crippen molar-refractivity contribution in [3.05, 3.63) is 52.8 Å². The maximum atomic E-state index is 5.88. The van der Waals surface area contributed by atoms with E-state index in [9.17, 15) is 0 Å². The summed E-state index contributed by atoms with van der Waals surface area (Å²) in [6, 6.07) is 9.94. The molecule has 0 amide bonds. The predicted molar refractivity (Wildman–Crippen MR) is 74.3 cm³/mol. The van der Waals surface area contributed by atoms with Crippen molar-refractivity contribution in [3.63, 3.8) is 0 Å². The van der Waals surface area contributed by atoms with Crippen molar-refractivity contribution in [2.75, 3.05) is 12.4 Å². The standard InChI is InChI=1S/C14H15ClN2O/c1-10-7-12(9-17-14(10)15)16-8-11-3-5-13(18-2)6-4-11/h3-7,9,16H,8H2,1-2H3. The number of nitrogens with zero attached hydrogens (tertiary/aromatic N) is 1. The van der Waals surface area contributed by atoms with Gasteiger partial charge in [0.1, 0.15) is 10.9 Å². The first-order valence-electron chi connectivity index (χ1n) is 5.68. The molecular formula is C14H15ClN2O. The molecule has 1 N–H and O–H groups in total. The molecule has 2 rings (SSSR count). The van der Waals surface area contributed by atoms with Crippen LogP contribution < -0.4 is 10.1 Å². The number of hydrogen-bond donors (Lipinski definition) is 1. The van der Waals surface area contributed by atoms with Gasteiger partial charge in [-0.2, -0.15) is 0 Å². The first-order chi connectivity index (χ1) is 8.69. The third kappa shape index (κ3) is 3.14. The average Bonchev–Trinajstić information content (AvgIpc) is 2.41. The normalized spacial score (nSPS) is 10.2. The van der Waals surface area contributed by atoms with Crippen molar-refractivity contribution < 1.29 is 4.74 Å². The Labute approximate surface area is 112 Å². The van der Waals surface area contributed by atoms with Crippen LogP contribution in [0.5, 0.6) is 5.75 Å². The summed E-state index contributed by atoms with van der Waals surface area (Å²) in [5, 5.41) is 3.85. The second-order valence-electron chi connectivity index (χ2n) is 4.03. The zero-order chi connectivity index (χ0) is 13.0. The molecule has 0 atom stereocenters. The highest BCUT2D eigenvalue weighted by Gasteiger charge is 1.99. The number of pyridine rings is 1. The number of aryl methyl sites for hydroxylation is 1. The fourth-order valence-electron chi connectivity index (χ4n) is 1.60. The molecule has 1 aromatic carbocycles. The minimum absolute atomic E-state index is 0.546. The Balaban J connectivity index is 1.99. The van der Waals surface area contributed by atoms with Gasteiger partial charge in [0.05, 0.1) is 19.0 Å². The first kappa shape index (κ1) is 12.7. The van der Waals surface area contributed by atoms with Gasteiger partial charge in [0.15, 0.2) is 0 Å². The van der Waals surface area contributed by atoms with Crippen LogP contribution in [0.2, 0.25) is 5.15 Å². The second kappa shape index (κ2) is 5.74. The van der Waals surface area contributed by atoms with Gasteiger partial charge in [-0.3, -0.25) is 0 Å². The fourth-order valence-corrected chi connectivity index (χ4v) is 1.71. The summed E-state index contributed by atoms with van der Waals surface area (Å²) in [5.74, 6) is 0.864. The topological polar surface area (TPSA) is 34.1 Å². The molecule has 0 spiro atoms. The van der Waals surface area contributed by atoms with Crippen LogP contribution in [-0.2, 0) is 6.54 Å². The number of nitrogens with one attached hydrogen (secondary N) is 1. The summed E-state index contributed by atoms with van der Waals surface area (Å²) in [5.41, 5.74) is 3.12. The summed E-state index contributed by atoms with van der Waals surface area (Å²) >= 11 is 5.88. The minimum Gasteiger partial charge on any atom is -0.497 e. The number of aromatic nitrogens is 1. The zero-order valence-electron chi connectivity index (χ0n) is 10.4. The lowest BCUT2D eigenvalue weighted by Gasteiger charge is -2.08. The molecule has 1 aromatic heterocycles. The van der Waals surface area contributed by atoms with Gasteiger partial charge in [0.25, 0.3) is 0 Å². The van der Waals surface area contributed by atoms with E-state index in [-0.39, 0.29) is 0 Å². The quantitative estimate of drug-likeness (QED) is 0.854. The van der Waals surface area contributed by atoms with E-state index in [0.717, 1.165) is 23.5 Å². The molecule has 0 aliphatic rings. The van der Waals surface area contributed by atoms with E-state index in [1.807, 2.05) is 37.3 Å². The van der Waals surface area contributed by atoms with E-state index < -0.39 is 0 Å². The van der Waals surface area contributed by atoms with Crippen LogP contribution in [0.4, 0.5) is 5.69 Å². The summed E-state index contributed by atoms with van der Waals surface area (Å²) in [7, 11) is 1.66. The van der Waals surface area contributed by atoms with E-state index >= 15 is 0 Å². The van der Waals surface area contributed by atoms with Crippen LogP contribution in [0.25, 0.3) is 0 Å². The van der Waals surface area contributed by atoms with Gasteiger partial charge in [0, 0.05) is 6.54 Å². The Morgan fingerprint density at radius 1 is 1.28 bits per heavy atom. The molecule has 0 radical (unpaired) electrons. The van der Waals surface area contributed by atoms with Crippen LogP contribution in [0, 0.1) is 6.92 Å². The maximum Gasteiger partial charge on any atom is 0.132 e. The summed E-state index contributed by atoms with van der Waals surface area (Å²) < 4.78 is 5.12. The van der Waals surface area contributed by atoms with Crippen molar-refractivity contribution in [1.82, 2.24) is 4.98 Å². The van der Waals surface area contributed by atoms with Crippen molar-refractivity contribution >= 4 is 17.3 Å². The summed E-state index contributed by atoms with van der Waals surface area (Å²) in [6.45, 7) is 2.68. The van der Waals surface area contributed by atoms with Crippen molar-refractivity contribution in [3.8, 4) is 5.75 Å². The third-order valence-corrected chi connectivity index (χ3v) is 3.07. The number of hydrogen-bond acceptors (Lipinski definition) is 3. The van der Waals surface area contributed by atoms with Crippen molar-refractivity contribution in [2.45, 2.75) is 13.5 Å². The highest BCUT2D eigenvalue weighted by Crippen LogP contribution is 2.17. The Morgan fingerprint density at radius 3 is 2.61 bits per heavy atom. The molecule has 0 aliphatic carbocycles. The molecule has 3 nitrogen and oxygen atoms in total. The van der Waals surface area contributed by atoms with Crippen LogP contribution in [0.3, 0.4) is 0 Å². The van der Waals surface area contributed by atoms with E-state index in [2.05, 4.69) is 10.3 Å². The monoisotopic (exact) mass is 262 g/mol. The highest BCUT2D eigenvalue weighted by atomic mass is 35.5. The molecule has 0 bridgehead atoms. The number of anilines is 1. The molecule has 18 heavy (non-hydrogen) atoms. The molecule has 2 aromatic rings. The molecule has 4 heteroatoms. The lowest BCUT2D eigenvalue weighted by atomic mass is 10.2. The Bertz CT molecular complexity index is 526. The molecular weight excluding hydrogens is 248 g/mol. The van der Waals surface area contributed by atoms with Gasteiger partial charge in [-0.15, -0.1) is 0 Å². The summed E-state index contributed by atoms with van der Waals surface area (Å²) in [4.78, 5) is 4.10. The van der Waals surface area contributed by atoms with Crippen LogP contribution in [0.15, 0.2) is 36.5 Å². The number of methoxy groups -OCH3 is 1. The van der Waals surface area contributed by atoms with Gasteiger partial charge < -0.3 is 10.1 Å². The van der Waals surface area contributed by atoms with E-state index in [0.29, 0.717) is 5.15 Å². The highest BCUT2D eigenvalue weighted by molar-refractivity contribution is 6.30. The van der Waals surface area contributed by atoms with Crippen molar-refractivity contribution in [1.29, 1.82) is 0 Å². The van der Waals surface area contributed by atoms with E-state index in [4.69, 9.17) is 16.3 Å². The molecule has 0 saturated carbocycles. The lowest BCUT2D eigenvalue weighted by Crippen LogP contribution is -2.00. The second-order valence-corrected chi connectivity index (χ2v) is 4.39. The lowest BCUT2D eigenvalue weighted by molar-refractivity contribution is 0.414. The molecule has 1 heterocycles. The minimum atomic E-state index is 0.546. The molecule has 94 valence electrons. The molecule has 0 aliphatic heterocycles. The fraction of sp³-hybridized carbons (Fsp3) is 0.214. The largest absolute Gasteiger partial charge is 0.497 e. The van der Waals surface area contributed by atoms with Gasteiger partial charge in [-0.1, -0.05) is 23.7 Å². The van der Waals surface area contributed by atoms with Crippen molar-refractivity contribution in [2.24, 2.45) is 0 Å². The van der Waals surface area contributed by atoms with Gasteiger partial charge in [-0.05, 0) is 36.2 Å². The van der Waals surface area contributed by atoms with E-state index in [1.165, 1.54) is 5.56 Å². The van der Waals surface area contributed by atoms with Crippen LogP contribution in [0.1, 0.15) is 11.1 Å². The first-order valence-corrected chi connectivity index (χ1v) is 6.06. The number of ether oxygens (including phenoxy) is 1. The Kier molecular flexibility index (Phi) is 4.05. The average molecular weight is 263 g/mol. The summed E-state index contributed by atoms with van der Waals surface area (Å²) in [6.07, 6.45) is 1.73. The SMILES string of the molecule is COc1ccc(CNc2cnc(Cl)c(C)c2)cc1. The Morgan fingerprint density at radius 2 is 2.00 bits per heavy atom. The van der Waals surface area contributed by atoms with Crippen LogP contribution in [-0.4, -0.2) is 12.1 Å². The molecule has 0 unspecified atom stereocenters.